The van der Waals surface area contributed by atoms with Crippen molar-refractivity contribution in [2.75, 3.05) is 32.2 Å². The molecule has 0 atom stereocenters. The summed E-state index contributed by atoms with van der Waals surface area (Å²) in [6.07, 6.45) is 4.11. The topological polar surface area (TPSA) is 63.6 Å². The van der Waals surface area contributed by atoms with Crippen LogP contribution in [0.5, 0.6) is 0 Å². The fourth-order valence-electron chi connectivity index (χ4n) is 1.46. The molecule has 0 saturated carbocycles. The standard InChI is InChI=1S/C12H17NO2.C2H6OS/c1-11(15)13(9-10-14)8-7-12-5-3-2-4-6-12;1-4(2)3/h2-6,14H,7-10H2,1H3;1-2H3. The van der Waals surface area contributed by atoms with Gasteiger partial charge in [-0.05, 0) is 12.0 Å². The number of aliphatic hydroxyl groups is 1. The molecule has 1 rings (SSSR count). The number of carbonyl (C=O) groups is 1. The number of aliphatic hydroxyl groups excluding tert-OH is 1. The highest BCUT2D eigenvalue weighted by molar-refractivity contribution is 7.89. The Hall–Kier alpha value is -1.04. The zero-order valence-electron chi connectivity index (χ0n) is 11.8. The lowest BCUT2D eigenvalue weighted by Crippen LogP contribution is -2.33. The summed E-state index contributed by atoms with van der Waals surface area (Å²) in [6, 6.07) is 10.0. The number of nitrogens with zero attached hydrogens (tertiary/aromatic N) is 1. The summed E-state index contributed by atoms with van der Waals surface area (Å²) >= 11 is -0.611. The van der Waals surface area contributed by atoms with Gasteiger partial charge < -0.3 is 14.6 Å². The van der Waals surface area contributed by atoms with Crippen LogP contribution in [0.2, 0.25) is 0 Å². The first-order chi connectivity index (χ1) is 8.97. The van der Waals surface area contributed by atoms with Crippen molar-refractivity contribution in [1.82, 2.24) is 4.90 Å². The van der Waals surface area contributed by atoms with Crippen LogP contribution in [0.1, 0.15) is 12.5 Å². The first-order valence-corrected chi connectivity index (χ1v) is 8.09. The van der Waals surface area contributed by atoms with Crippen molar-refractivity contribution in [2.24, 2.45) is 0 Å². The monoisotopic (exact) mass is 285 g/mol. The van der Waals surface area contributed by atoms with Crippen LogP contribution in [0.4, 0.5) is 0 Å². The van der Waals surface area contributed by atoms with E-state index >= 15 is 0 Å². The SMILES string of the molecule is CC(=O)N(CCO)CCc1ccccc1.C[S+](C)[O-]. The van der Waals surface area contributed by atoms with E-state index in [1.54, 1.807) is 17.4 Å². The third-order valence-electron chi connectivity index (χ3n) is 2.33. The molecule has 4 nitrogen and oxygen atoms in total. The second-order valence-electron chi connectivity index (χ2n) is 4.21. The number of benzene rings is 1. The molecule has 0 fully saturated rings. The van der Waals surface area contributed by atoms with Crippen molar-refractivity contribution in [1.29, 1.82) is 0 Å². The molecular weight excluding hydrogens is 262 g/mol. The van der Waals surface area contributed by atoms with E-state index in [0.29, 0.717) is 13.1 Å². The Kier molecular flexibility index (Phi) is 10.2. The van der Waals surface area contributed by atoms with Crippen molar-refractivity contribution >= 4 is 17.1 Å². The Bertz CT molecular complexity index is 341. The van der Waals surface area contributed by atoms with Gasteiger partial charge in [0.1, 0.15) is 0 Å². The summed E-state index contributed by atoms with van der Waals surface area (Å²) in [6.45, 7) is 2.64. The summed E-state index contributed by atoms with van der Waals surface area (Å²) in [7, 11) is 0. The van der Waals surface area contributed by atoms with Gasteiger partial charge >= 0.3 is 0 Å². The number of amides is 1. The van der Waals surface area contributed by atoms with Gasteiger partial charge in [-0.3, -0.25) is 4.79 Å². The van der Waals surface area contributed by atoms with E-state index in [9.17, 15) is 9.35 Å². The molecule has 1 aromatic carbocycles. The summed E-state index contributed by atoms with van der Waals surface area (Å²) in [5, 5.41) is 8.79. The minimum absolute atomic E-state index is 0.0139. The van der Waals surface area contributed by atoms with E-state index in [-0.39, 0.29) is 12.5 Å². The Labute approximate surface area is 118 Å². The predicted molar refractivity (Wildman–Crippen MR) is 79.5 cm³/mol. The van der Waals surface area contributed by atoms with Crippen LogP contribution in [0.15, 0.2) is 30.3 Å². The zero-order valence-corrected chi connectivity index (χ0v) is 12.7. The second-order valence-corrected chi connectivity index (χ2v) is 5.69. The zero-order chi connectivity index (χ0) is 14.7. The van der Waals surface area contributed by atoms with Gasteiger partial charge in [-0.25, -0.2) is 0 Å². The molecule has 1 aromatic rings. The largest absolute Gasteiger partial charge is 0.617 e. The molecule has 0 heterocycles. The highest BCUT2D eigenvalue weighted by atomic mass is 32.2. The van der Waals surface area contributed by atoms with E-state index in [4.69, 9.17) is 5.11 Å². The van der Waals surface area contributed by atoms with E-state index in [0.717, 1.165) is 6.42 Å². The maximum absolute atomic E-state index is 11.2. The van der Waals surface area contributed by atoms with Crippen molar-refractivity contribution in [3.05, 3.63) is 35.9 Å². The fraction of sp³-hybridized carbons (Fsp3) is 0.500. The molecule has 0 aromatic heterocycles. The van der Waals surface area contributed by atoms with Gasteiger partial charge in [-0.15, -0.1) is 0 Å². The number of carbonyl (C=O) groups excluding carboxylic acids is 1. The number of hydrogen-bond acceptors (Lipinski definition) is 3. The lowest BCUT2D eigenvalue weighted by atomic mass is 10.1. The minimum Gasteiger partial charge on any atom is -0.617 e. The van der Waals surface area contributed by atoms with E-state index in [1.807, 2.05) is 30.3 Å². The summed E-state index contributed by atoms with van der Waals surface area (Å²) in [5.74, 6) is 0.0139. The van der Waals surface area contributed by atoms with Crippen molar-refractivity contribution in [2.45, 2.75) is 13.3 Å². The van der Waals surface area contributed by atoms with Gasteiger partial charge in [0, 0.05) is 20.0 Å². The smallest absolute Gasteiger partial charge is 0.219 e. The van der Waals surface area contributed by atoms with Gasteiger partial charge in [0.05, 0.1) is 19.1 Å². The normalized spacial score (nSPS) is 9.79. The lowest BCUT2D eigenvalue weighted by Gasteiger charge is -2.19. The molecule has 108 valence electrons. The van der Waals surface area contributed by atoms with Crippen LogP contribution in [-0.4, -0.2) is 52.7 Å². The van der Waals surface area contributed by atoms with Crippen molar-refractivity contribution in [3.8, 4) is 0 Å². The molecule has 0 unspecified atom stereocenters. The van der Waals surface area contributed by atoms with Gasteiger partial charge in [0.15, 0.2) is 0 Å². The van der Waals surface area contributed by atoms with Crippen molar-refractivity contribution in [3.63, 3.8) is 0 Å². The van der Waals surface area contributed by atoms with Gasteiger partial charge in [0.25, 0.3) is 0 Å². The highest BCUT2D eigenvalue weighted by Crippen LogP contribution is 2.01. The van der Waals surface area contributed by atoms with Gasteiger partial charge in [0.2, 0.25) is 5.91 Å². The van der Waals surface area contributed by atoms with E-state index < -0.39 is 11.2 Å². The molecule has 0 aliphatic carbocycles. The summed E-state index contributed by atoms with van der Waals surface area (Å²) in [5.41, 5.74) is 1.21. The summed E-state index contributed by atoms with van der Waals surface area (Å²) in [4.78, 5) is 12.8. The third kappa shape index (κ3) is 10.6. The molecule has 1 N–H and O–H groups in total. The van der Waals surface area contributed by atoms with Crippen LogP contribution >= 0.6 is 0 Å². The minimum atomic E-state index is -0.611. The third-order valence-corrected chi connectivity index (χ3v) is 2.33. The lowest BCUT2D eigenvalue weighted by molar-refractivity contribution is -0.129. The maximum Gasteiger partial charge on any atom is 0.219 e. The fourth-order valence-corrected chi connectivity index (χ4v) is 1.46. The van der Waals surface area contributed by atoms with Crippen molar-refractivity contribution < 1.29 is 14.5 Å². The molecule has 0 saturated heterocycles. The molecule has 0 bridgehead atoms. The molecule has 1 amide bonds. The first kappa shape index (κ1) is 18.0. The van der Waals surface area contributed by atoms with Crippen LogP contribution in [0, 0.1) is 0 Å². The van der Waals surface area contributed by atoms with Gasteiger partial charge in [-0.1, -0.05) is 41.5 Å². The molecular formula is C14H23NO3S. The Balaban J connectivity index is 0.000000711. The van der Waals surface area contributed by atoms with Crippen LogP contribution < -0.4 is 0 Å². The Morgan fingerprint density at radius 1 is 1.26 bits per heavy atom. The van der Waals surface area contributed by atoms with Crippen LogP contribution in [-0.2, 0) is 22.4 Å². The Morgan fingerprint density at radius 2 is 1.79 bits per heavy atom. The van der Waals surface area contributed by atoms with E-state index in [2.05, 4.69) is 0 Å². The summed E-state index contributed by atoms with van der Waals surface area (Å²) < 4.78 is 9.56. The molecule has 0 spiro atoms. The quantitative estimate of drug-likeness (QED) is 0.823. The average Bonchev–Trinajstić information content (AvgIpc) is 2.34. The number of hydrogen-bond donors (Lipinski definition) is 1. The van der Waals surface area contributed by atoms with Crippen LogP contribution in [0.25, 0.3) is 0 Å². The first-order valence-electron chi connectivity index (χ1n) is 6.12. The predicted octanol–water partition coefficient (Wildman–Crippen LogP) is 1.06. The van der Waals surface area contributed by atoms with Crippen LogP contribution in [0.3, 0.4) is 0 Å². The highest BCUT2D eigenvalue weighted by Gasteiger charge is 2.06. The second kappa shape index (κ2) is 10.8. The molecule has 5 heteroatoms. The van der Waals surface area contributed by atoms with E-state index in [1.165, 1.54) is 12.5 Å². The molecule has 0 aliphatic heterocycles. The molecule has 0 radical (unpaired) electrons. The van der Waals surface area contributed by atoms with Gasteiger partial charge in [-0.2, -0.15) is 0 Å². The Morgan fingerprint density at radius 3 is 2.21 bits per heavy atom. The maximum atomic E-state index is 11.2. The molecule has 19 heavy (non-hydrogen) atoms. The average molecular weight is 285 g/mol. The number of rotatable bonds is 5. The molecule has 0 aliphatic rings.